The number of H-pyrrole nitrogens is 1. The fourth-order valence-electron chi connectivity index (χ4n) is 3.80. The lowest BCUT2D eigenvalue weighted by Crippen LogP contribution is -2.28. The fraction of sp³-hybridized carbons (Fsp3) is 0.217. The van der Waals surface area contributed by atoms with Crippen molar-refractivity contribution in [1.29, 1.82) is 0 Å². The summed E-state index contributed by atoms with van der Waals surface area (Å²) in [5, 5.41) is 9.70. The first-order valence-corrected chi connectivity index (χ1v) is 9.75. The van der Waals surface area contributed by atoms with Crippen LogP contribution >= 0.6 is 0 Å². The first-order valence-electron chi connectivity index (χ1n) is 9.75. The predicted molar refractivity (Wildman–Crippen MR) is 112 cm³/mol. The van der Waals surface area contributed by atoms with Gasteiger partial charge in [-0.1, -0.05) is 24.3 Å². The van der Waals surface area contributed by atoms with Crippen LogP contribution in [0.2, 0.25) is 0 Å². The third kappa shape index (κ3) is 3.54. The number of aromatic amines is 1. The SMILES string of the molecule is COc1ccc(-c2nnc(CN3CC=C(c4c[nH]c5ccccc45)CC3)o2)cc1. The van der Waals surface area contributed by atoms with E-state index < -0.39 is 0 Å². The topological polar surface area (TPSA) is 67.2 Å². The van der Waals surface area contributed by atoms with Gasteiger partial charge in [0.15, 0.2) is 0 Å². The van der Waals surface area contributed by atoms with Gasteiger partial charge in [-0.2, -0.15) is 0 Å². The summed E-state index contributed by atoms with van der Waals surface area (Å²) in [5.74, 6) is 1.98. The molecular formula is C23H22N4O2. The van der Waals surface area contributed by atoms with Crippen molar-refractivity contribution in [2.45, 2.75) is 13.0 Å². The van der Waals surface area contributed by atoms with Crippen molar-refractivity contribution in [3.05, 3.63) is 72.3 Å². The molecule has 0 saturated carbocycles. The number of hydrogen-bond donors (Lipinski definition) is 1. The molecule has 0 saturated heterocycles. The number of fused-ring (bicyclic) bond motifs is 1. The zero-order valence-corrected chi connectivity index (χ0v) is 16.3. The molecule has 0 atom stereocenters. The van der Waals surface area contributed by atoms with Crippen molar-refractivity contribution >= 4 is 16.5 Å². The average Bonchev–Trinajstić information content (AvgIpc) is 3.42. The molecule has 0 unspecified atom stereocenters. The van der Waals surface area contributed by atoms with Crippen molar-refractivity contribution in [1.82, 2.24) is 20.1 Å². The number of rotatable bonds is 5. The lowest BCUT2D eigenvalue weighted by atomic mass is 9.99. The zero-order chi connectivity index (χ0) is 19.6. The highest BCUT2D eigenvalue weighted by atomic mass is 16.5. The van der Waals surface area contributed by atoms with E-state index in [9.17, 15) is 0 Å². The van der Waals surface area contributed by atoms with Crippen LogP contribution in [-0.4, -0.2) is 40.3 Å². The fourth-order valence-corrected chi connectivity index (χ4v) is 3.80. The Morgan fingerprint density at radius 2 is 1.97 bits per heavy atom. The molecule has 0 bridgehead atoms. The van der Waals surface area contributed by atoms with Gasteiger partial charge < -0.3 is 14.1 Å². The van der Waals surface area contributed by atoms with E-state index in [0.717, 1.165) is 30.8 Å². The van der Waals surface area contributed by atoms with Crippen molar-refractivity contribution < 1.29 is 9.15 Å². The third-order valence-electron chi connectivity index (χ3n) is 5.39. The van der Waals surface area contributed by atoms with Crippen LogP contribution < -0.4 is 4.74 Å². The average molecular weight is 386 g/mol. The van der Waals surface area contributed by atoms with E-state index in [1.807, 2.05) is 24.3 Å². The van der Waals surface area contributed by atoms with Gasteiger partial charge in [-0.25, -0.2) is 0 Å². The lowest BCUT2D eigenvalue weighted by Gasteiger charge is -2.24. The monoisotopic (exact) mass is 386 g/mol. The Morgan fingerprint density at radius 3 is 2.76 bits per heavy atom. The van der Waals surface area contributed by atoms with Crippen LogP contribution in [0.25, 0.3) is 27.9 Å². The summed E-state index contributed by atoms with van der Waals surface area (Å²) in [4.78, 5) is 5.69. The quantitative estimate of drug-likeness (QED) is 0.546. The van der Waals surface area contributed by atoms with Crippen LogP contribution in [0.3, 0.4) is 0 Å². The van der Waals surface area contributed by atoms with E-state index in [1.165, 1.54) is 22.0 Å². The Morgan fingerprint density at radius 1 is 1.10 bits per heavy atom. The molecule has 1 N–H and O–H groups in total. The Balaban J connectivity index is 1.26. The largest absolute Gasteiger partial charge is 0.497 e. The van der Waals surface area contributed by atoms with E-state index in [2.05, 4.69) is 56.6 Å². The number of methoxy groups -OCH3 is 1. The smallest absolute Gasteiger partial charge is 0.247 e. The summed E-state index contributed by atoms with van der Waals surface area (Å²) in [5.41, 5.74) is 4.77. The molecule has 0 fully saturated rings. The van der Waals surface area contributed by atoms with Gasteiger partial charge in [0.1, 0.15) is 5.75 Å². The normalized spacial score (nSPS) is 14.9. The standard InChI is InChI=1S/C23H22N4O2/c1-28-18-8-6-17(7-9-18)23-26-25-22(29-23)15-27-12-10-16(11-13-27)20-14-24-21-5-3-2-4-19(20)21/h2-10,14,24H,11-13,15H2,1H3. The molecule has 2 aromatic heterocycles. The van der Waals surface area contributed by atoms with Crippen LogP contribution in [0.5, 0.6) is 5.75 Å². The molecule has 0 amide bonds. The molecule has 6 nitrogen and oxygen atoms in total. The van der Waals surface area contributed by atoms with E-state index in [-0.39, 0.29) is 0 Å². The van der Waals surface area contributed by atoms with Gasteiger partial charge in [0.2, 0.25) is 11.8 Å². The van der Waals surface area contributed by atoms with E-state index >= 15 is 0 Å². The van der Waals surface area contributed by atoms with Crippen LogP contribution in [0, 0.1) is 0 Å². The molecule has 29 heavy (non-hydrogen) atoms. The Bertz CT molecular complexity index is 1160. The maximum Gasteiger partial charge on any atom is 0.247 e. The maximum absolute atomic E-state index is 5.87. The highest BCUT2D eigenvalue weighted by Crippen LogP contribution is 2.29. The minimum absolute atomic E-state index is 0.537. The molecule has 1 aliphatic heterocycles. The minimum Gasteiger partial charge on any atom is -0.497 e. The number of nitrogens with zero attached hydrogens (tertiary/aromatic N) is 3. The Kier molecular flexibility index (Phi) is 4.62. The summed E-state index contributed by atoms with van der Waals surface area (Å²) >= 11 is 0. The Labute approximate surface area is 168 Å². The van der Waals surface area contributed by atoms with Gasteiger partial charge >= 0.3 is 0 Å². The van der Waals surface area contributed by atoms with Crippen molar-refractivity contribution in [3.8, 4) is 17.2 Å². The molecule has 0 spiro atoms. The number of aromatic nitrogens is 3. The predicted octanol–water partition coefficient (Wildman–Crippen LogP) is 4.52. The van der Waals surface area contributed by atoms with Gasteiger partial charge in [0, 0.05) is 41.3 Å². The van der Waals surface area contributed by atoms with Crippen molar-refractivity contribution in [2.24, 2.45) is 0 Å². The van der Waals surface area contributed by atoms with Gasteiger partial charge in [-0.3, -0.25) is 4.90 Å². The molecule has 4 aromatic rings. The number of para-hydroxylation sites is 1. The van der Waals surface area contributed by atoms with Gasteiger partial charge in [0.05, 0.1) is 13.7 Å². The summed E-state index contributed by atoms with van der Waals surface area (Å²) in [6, 6.07) is 16.1. The van der Waals surface area contributed by atoms with E-state index in [0.29, 0.717) is 18.3 Å². The number of hydrogen-bond acceptors (Lipinski definition) is 5. The minimum atomic E-state index is 0.537. The number of nitrogens with one attached hydrogen (secondary N) is 1. The summed E-state index contributed by atoms with van der Waals surface area (Å²) < 4.78 is 11.1. The highest BCUT2D eigenvalue weighted by molar-refractivity contribution is 5.92. The van der Waals surface area contributed by atoms with Crippen LogP contribution in [0.15, 0.2) is 65.2 Å². The molecular weight excluding hydrogens is 364 g/mol. The summed E-state index contributed by atoms with van der Waals surface area (Å²) in [6.45, 7) is 2.49. The molecule has 0 aliphatic carbocycles. The van der Waals surface area contributed by atoms with E-state index in [4.69, 9.17) is 9.15 Å². The van der Waals surface area contributed by atoms with Crippen molar-refractivity contribution in [2.75, 3.05) is 20.2 Å². The van der Waals surface area contributed by atoms with Crippen LogP contribution in [0.1, 0.15) is 17.9 Å². The zero-order valence-electron chi connectivity index (χ0n) is 16.3. The third-order valence-corrected chi connectivity index (χ3v) is 5.39. The van der Waals surface area contributed by atoms with Crippen molar-refractivity contribution in [3.63, 3.8) is 0 Å². The molecule has 2 aromatic carbocycles. The summed E-state index contributed by atoms with van der Waals surface area (Å²) in [7, 11) is 1.65. The molecule has 6 heteroatoms. The molecule has 3 heterocycles. The second kappa shape index (κ2) is 7.56. The van der Waals surface area contributed by atoms with Gasteiger partial charge in [-0.15, -0.1) is 10.2 Å². The lowest BCUT2D eigenvalue weighted by molar-refractivity contribution is 0.263. The molecule has 0 radical (unpaired) electrons. The highest BCUT2D eigenvalue weighted by Gasteiger charge is 2.18. The molecule has 5 rings (SSSR count). The Hall–Kier alpha value is -3.38. The summed E-state index contributed by atoms with van der Waals surface area (Å²) in [6.07, 6.45) is 5.42. The molecule has 1 aliphatic rings. The van der Waals surface area contributed by atoms with Gasteiger partial charge in [0.25, 0.3) is 0 Å². The van der Waals surface area contributed by atoms with Gasteiger partial charge in [-0.05, 0) is 42.3 Å². The maximum atomic E-state index is 5.87. The van der Waals surface area contributed by atoms with Crippen LogP contribution in [-0.2, 0) is 6.54 Å². The first kappa shape index (κ1) is 17.7. The molecule has 146 valence electrons. The second-order valence-corrected chi connectivity index (χ2v) is 7.19. The van der Waals surface area contributed by atoms with Crippen LogP contribution in [0.4, 0.5) is 0 Å². The number of benzene rings is 2. The second-order valence-electron chi connectivity index (χ2n) is 7.19. The first-order chi connectivity index (χ1) is 14.3. The number of ether oxygens (including phenoxy) is 1. The van der Waals surface area contributed by atoms with E-state index in [1.54, 1.807) is 7.11 Å².